The van der Waals surface area contributed by atoms with E-state index in [0.29, 0.717) is 15.9 Å². The molecule has 94 valence electrons. The van der Waals surface area contributed by atoms with Gasteiger partial charge in [-0.1, -0.05) is 17.7 Å². The molecular weight excluding hydrogens is 250 g/mol. The molecule has 2 heterocycles. The number of halogens is 1. The van der Waals surface area contributed by atoms with E-state index in [1.54, 1.807) is 17.0 Å². The molecule has 18 heavy (non-hydrogen) atoms. The Hall–Kier alpha value is -1.39. The van der Waals surface area contributed by atoms with E-state index >= 15 is 0 Å². The van der Waals surface area contributed by atoms with Gasteiger partial charge in [-0.15, -0.1) is 0 Å². The summed E-state index contributed by atoms with van der Waals surface area (Å²) in [4.78, 5) is 16.8. The first-order valence-corrected chi connectivity index (χ1v) is 6.51. The monoisotopic (exact) mass is 263 g/mol. The van der Waals surface area contributed by atoms with E-state index in [2.05, 4.69) is 10.3 Å². The number of nitrogens with one attached hydrogen (secondary N) is 1. The second-order valence-electron chi connectivity index (χ2n) is 4.57. The van der Waals surface area contributed by atoms with Crippen molar-refractivity contribution in [3.8, 4) is 0 Å². The predicted octanol–water partition coefficient (Wildman–Crippen LogP) is 1.97. The SMILES string of the molecule is O=c1c2c(Cl)cccc2ncn1C1CCNCC1. The van der Waals surface area contributed by atoms with Gasteiger partial charge in [0, 0.05) is 6.04 Å². The molecule has 0 amide bonds. The van der Waals surface area contributed by atoms with E-state index in [1.807, 2.05) is 12.1 Å². The highest BCUT2D eigenvalue weighted by molar-refractivity contribution is 6.35. The number of hydrogen-bond acceptors (Lipinski definition) is 3. The highest BCUT2D eigenvalue weighted by Gasteiger charge is 2.17. The van der Waals surface area contributed by atoms with Gasteiger partial charge in [-0.05, 0) is 38.1 Å². The Morgan fingerprint density at radius 3 is 2.89 bits per heavy atom. The molecule has 0 bridgehead atoms. The van der Waals surface area contributed by atoms with Crippen molar-refractivity contribution < 1.29 is 0 Å². The lowest BCUT2D eigenvalue weighted by atomic mass is 10.1. The molecule has 1 aliphatic rings. The smallest absolute Gasteiger partial charge is 0.262 e. The van der Waals surface area contributed by atoms with Crippen LogP contribution in [0.2, 0.25) is 5.02 Å². The third-order valence-corrected chi connectivity index (χ3v) is 3.78. The third-order valence-electron chi connectivity index (χ3n) is 3.46. The van der Waals surface area contributed by atoms with E-state index in [-0.39, 0.29) is 11.6 Å². The molecule has 1 fully saturated rings. The third kappa shape index (κ3) is 1.91. The zero-order chi connectivity index (χ0) is 12.5. The number of aromatic nitrogens is 2. The molecule has 0 aliphatic carbocycles. The van der Waals surface area contributed by atoms with Gasteiger partial charge in [-0.3, -0.25) is 9.36 Å². The molecule has 0 saturated carbocycles. The molecule has 0 radical (unpaired) electrons. The molecule has 1 aromatic heterocycles. The van der Waals surface area contributed by atoms with E-state index in [4.69, 9.17) is 11.6 Å². The summed E-state index contributed by atoms with van der Waals surface area (Å²) in [6.45, 7) is 1.88. The molecule has 5 heteroatoms. The van der Waals surface area contributed by atoms with Crippen LogP contribution >= 0.6 is 11.6 Å². The molecule has 1 aliphatic heterocycles. The topological polar surface area (TPSA) is 46.9 Å². The molecule has 4 nitrogen and oxygen atoms in total. The van der Waals surface area contributed by atoms with Gasteiger partial charge in [0.15, 0.2) is 0 Å². The average molecular weight is 264 g/mol. The lowest BCUT2D eigenvalue weighted by Gasteiger charge is -2.24. The molecule has 1 saturated heterocycles. The van der Waals surface area contributed by atoms with Gasteiger partial charge in [0.1, 0.15) is 0 Å². The Bertz CT molecular complexity index is 632. The maximum absolute atomic E-state index is 12.5. The fourth-order valence-corrected chi connectivity index (χ4v) is 2.73. The Labute approximate surface area is 110 Å². The summed E-state index contributed by atoms with van der Waals surface area (Å²) in [7, 11) is 0. The fraction of sp³-hybridized carbons (Fsp3) is 0.385. The molecule has 2 aromatic rings. The molecule has 0 spiro atoms. The van der Waals surface area contributed by atoms with E-state index < -0.39 is 0 Å². The van der Waals surface area contributed by atoms with Crippen molar-refractivity contribution in [2.75, 3.05) is 13.1 Å². The highest BCUT2D eigenvalue weighted by atomic mass is 35.5. The summed E-state index contributed by atoms with van der Waals surface area (Å²) >= 11 is 6.11. The van der Waals surface area contributed by atoms with Crippen LogP contribution in [0.25, 0.3) is 10.9 Å². The van der Waals surface area contributed by atoms with Crippen LogP contribution < -0.4 is 10.9 Å². The lowest BCUT2D eigenvalue weighted by molar-refractivity contribution is 0.359. The van der Waals surface area contributed by atoms with Crippen LogP contribution in [0.3, 0.4) is 0 Å². The number of hydrogen-bond donors (Lipinski definition) is 1. The first-order valence-electron chi connectivity index (χ1n) is 6.13. The van der Waals surface area contributed by atoms with Crippen LogP contribution in [0.5, 0.6) is 0 Å². The average Bonchev–Trinajstić information content (AvgIpc) is 2.40. The molecule has 1 N–H and O–H groups in total. The summed E-state index contributed by atoms with van der Waals surface area (Å²) < 4.78 is 1.73. The molecule has 3 rings (SSSR count). The van der Waals surface area contributed by atoms with Crippen molar-refractivity contribution >= 4 is 22.5 Å². The predicted molar refractivity (Wildman–Crippen MR) is 72.2 cm³/mol. The first kappa shape index (κ1) is 11.7. The largest absolute Gasteiger partial charge is 0.317 e. The second kappa shape index (κ2) is 4.71. The van der Waals surface area contributed by atoms with Crippen LogP contribution in [0, 0.1) is 0 Å². The molecular formula is C13H14ClN3O. The van der Waals surface area contributed by atoms with E-state index in [0.717, 1.165) is 25.9 Å². The van der Waals surface area contributed by atoms with Crippen molar-refractivity contribution in [3.63, 3.8) is 0 Å². The van der Waals surface area contributed by atoms with Crippen molar-refractivity contribution in [2.45, 2.75) is 18.9 Å². The lowest BCUT2D eigenvalue weighted by Crippen LogP contribution is -2.34. The van der Waals surface area contributed by atoms with Gasteiger partial charge in [0.2, 0.25) is 0 Å². The number of piperidine rings is 1. The Morgan fingerprint density at radius 1 is 1.33 bits per heavy atom. The number of rotatable bonds is 1. The zero-order valence-electron chi connectivity index (χ0n) is 9.90. The van der Waals surface area contributed by atoms with Crippen molar-refractivity contribution in [1.82, 2.24) is 14.9 Å². The van der Waals surface area contributed by atoms with Gasteiger partial charge in [-0.25, -0.2) is 4.98 Å². The van der Waals surface area contributed by atoms with Gasteiger partial charge in [0.25, 0.3) is 5.56 Å². The van der Waals surface area contributed by atoms with Crippen LogP contribution in [0.1, 0.15) is 18.9 Å². The maximum atomic E-state index is 12.5. The van der Waals surface area contributed by atoms with Crippen molar-refractivity contribution in [2.24, 2.45) is 0 Å². The van der Waals surface area contributed by atoms with Crippen LogP contribution in [-0.4, -0.2) is 22.6 Å². The highest BCUT2D eigenvalue weighted by Crippen LogP contribution is 2.21. The van der Waals surface area contributed by atoms with E-state index in [1.165, 1.54) is 0 Å². The van der Waals surface area contributed by atoms with Crippen molar-refractivity contribution in [3.05, 3.63) is 39.9 Å². The van der Waals surface area contributed by atoms with Crippen molar-refractivity contribution in [1.29, 1.82) is 0 Å². The normalized spacial score (nSPS) is 17.2. The van der Waals surface area contributed by atoms with Gasteiger partial charge >= 0.3 is 0 Å². The minimum Gasteiger partial charge on any atom is -0.317 e. The van der Waals surface area contributed by atoms with E-state index in [9.17, 15) is 4.79 Å². The summed E-state index contributed by atoms with van der Waals surface area (Å²) in [5, 5.41) is 4.30. The van der Waals surface area contributed by atoms with Gasteiger partial charge < -0.3 is 5.32 Å². The number of nitrogens with zero attached hydrogens (tertiary/aromatic N) is 2. The minimum atomic E-state index is -0.0301. The quantitative estimate of drug-likeness (QED) is 0.856. The van der Waals surface area contributed by atoms with Gasteiger partial charge in [0.05, 0.1) is 22.3 Å². The number of benzene rings is 1. The van der Waals surface area contributed by atoms with Crippen LogP contribution in [0.15, 0.2) is 29.3 Å². The molecule has 0 unspecified atom stereocenters. The molecule has 1 aromatic carbocycles. The summed E-state index contributed by atoms with van der Waals surface area (Å²) in [5.74, 6) is 0. The second-order valence-corrected chi connectivity index (χ2v) is 4.98. The maximum Gasteiger partial charge on any atom is 0.262 e. The summed E-state index contributed by atoms with van der Waals surface area (Å²) in [6, 6.07) is 5.59. The molecule has 0 atom stereocenters. The summed E-state index contributed by atoms with van der Waals surface area (Å²) in [5.41, 5.74) is 0.634. The Morgan fingerprint density at radius 2 is 2.11 bits per heavy atom. The number of fused-ring (bicyclic) bond motifs is 1. The first-order chi connectivity index (χ1) is 8.77. The van der Waals surface area contributed by atoms with Crippen LogP contribution in [0.4, 0.5) is 0 Å². The van der Waals surface area contributed by atoms with Crippen LogP contribution in [-0.2, 0) is 0 Å². The summed E-state index contributed by atoms with van der Waals surface area (Å²) in [6.07, 6.45) is 3.56. The standard InChI is InChI=1S/C13H14ClN3O/c14-10-2-1-3-11-12(10)13(18)17(8-16-11)9-4-6-15-7-5-9/h1-3,8-9,15H,4-7H2. The minimum absolute atomic E-state index is 0.0301. The zero-order valence-corrected chi connectivity index (χ0v) is 10.7. The Balaban J connectivity index is 2.16. The van der Waals surface area contributed by atoms with Gasteiger partial charge in [-0.2, -0.15) is 0 Å². The fourth-order valence-electron chi connectivity index (χ4n) is 2.48. The Kier molecular flexibility index (Phi) is 3.06.